The maximum absolute atomic E-state index is 12.7. The first-order chi connectivity index (χ1) is 18.3. The lowest BCUT2D eigenvalue weighted by molar-refractivity contribution is -0.130. The van der Waals surface area contributed by atoms with Gasteiger partial charge in [0.15, 0.2) is 5.82 Å². The Kier molecular flexibility index (Phi) is 6.21. The molecule has 1 N–H and O–H groups in total. The number of piperidine rings is 2. The van der Waals surface area contributed by atoms with Crippen LogP contribution >= 0.6 is 11.6 Å². The lowest BCUT2D eigenvalue weighted by Gasteiger charge is -2.34. The molecule has 0 radical (unpaired) electrons. The molecule has 38 heavy (non-hydrogen) atoms. The molecule has 1 aromatic carbocycles. The molecule has 3 aromatic rings. The van der Waals surface area contributed by atoms with E-state index in [1.807, 2.05) is 36.0 Å². The maximum Gasteiger partial charge on any atom is 0.245 e. The van der Waals surface area contributed by atoms with Gasteiger partial charge in [0.1, 0.15) is 0 Å². The van der Waals surface area contributed by atoms with Crippen LogP contribution in [0.4, 0.5) is 5.82 Å². The normalized spacial score (nSPS) is 22.4. The van der Waals surface area contributed by atoms with Gasteiger partial charge in [-0.2, -0.15) is 10.2 Å². The lowest BCUT2D eigenvalue weighted by Crippen LogP contribution is -2.41. The molecule has 6 rings (SSSR count). The molecule has 2 atom stereocenters. The third-order valence-corrected chi connectivity index (χ3v) is 9.27. The Morgan fingerprint density at radius 2 is 1.92 bits per heavy atom. The first kappa shape index (κ1) is 25.0. The summed E-state index contributed by atoms with van der Waals surface area (Å²) in [7, 11) is 1.90. The number of carbonyl (C=O) groups is 2. The summed E-state index contributed by atoms with van der Waals surface area (Å²) in [6.45, 7) is 11.5. The van der Waals surface area contributed by atoms with Gasteiger partial charge in [0.25, 0.3) is 0 Å². The fraction of sp³-hybridized carbons (Fsp3) is 0.500. The number of likely N-dealkylation sites (tertiary alicyclic amines) is 2. The van der Waals surface area contributed by atoms with Crippen LogP contribution < -0.4 is 4.90 Å². The van der Waals surface area contributed by atoms with Gasteiger partial charge in [-0.15, -0.1) is 0 Å². The molecule has 2 amide bonds. The zero-order valence-electron chi connectivity index (χ0n) is 22.2. The van der Waals surface area contributed by atoms with E-state index < -0.39 is 0 Å². The largest absolute Gasteiger partial charge is 0.354 e. The maximum atomic E-state index is 12.7. The molecular formula is C28H34ClN7O2. The van der Waals surface area contributed by atoms with E-state index in [4.69, 9.17) is 16.7 Å². The van der Waals surface area contributed by atoms with E-state index in [1.54, 1.807) is 0 Å². The third-order valence-electron chi connectivity index (χ3n) is 8.78. The van der Waals surface area contributed by atoms with Crippen molar-refractivity contribution < 1.29 is 9.59 Å². The van der Waals surface area contributed by atoms with Crippen molar-refractivity contribution in [2.24, 2.45) is 11.8 Å². The zero-order valence-corrected chi connectivity index (χ0v) is 23.0. The second-order valence-electron chi connectivity index (χ2n) is 11.0. The first-order valence-electron chi connectivity index (χ1n) is 13.4. The number of nitrogens with one attached hydrogen (secondary N) is 1. The highest BCUT2D eigenvalue weighted by Gasteiger charge is 2.43. The van der Waals surface area contributed by atoms with Crippen LogP contribution in [0.3, 0.4) is 0 Å². The zero-order chi connectivity index (χ0) is 26.7. The number of H-pyrrole nitrogens is 1. The summed E-state index contributed by atoms with van der Waals surface area (Å²) in [5.41, 5.74) is 4.97. The third kappa shape index (κ3) is 3.90. The minimum absolute atomic E-state index is 0.0187. The number of rotatable bonds is 4. The second kappa shape index (κ2) is 9.45. The Morgan fingerprint density at radius 1 is 1.16 bits per heavy atom. The van der Waals surface area contributed by atoms with Gasteiger partial charge in [-0.3, -0.25) is 19.4 Å². The summed E-state index contributed by atoms with van der Waals surface area (Å²) in [6.07, 6.45) is 5.71. The highest BCUT2D eigenvalue weighted by Crippen LogP contribution is 2.45. The summed E-state index contributed by atoms with van der Waals surface area (Å²) < 4.78 is 2.16. The van der Waals surface area contributed by atoms with Crippen LogP contribution in [-0.4, -0.2) is 81.4 Å². The fourth-order valence-electron chi connectivity index (χ4n) is 6.74. The number of aryl methyl sites for hydroxylation is 1. The summed E-state index contributed by atoms with van der Waals surface area (Å²) in [6, 6.07) is 2.21. The number of anilines is 1. The smallest absolute Gasteiger partial charge is 0.245 e. The molecule has 10 heteroatoms. The van der Waals surface area contributed by atoms with Gasteiger partial charge in [0, 0.05) is 73.8 Å². The van der Waals surface area contributed by atoms with Crippen LogP contribution in [0.2, 0.25) is 5.02 Å². The fourth-order valence-corrected chi connectivity index (χ4v) is 6.99. The number of carbonyl (C=O) groups excluding carboxylic acids is 2. The van der Waals surface area contributed by atoms with Gasteiger partial charge in [0.05, 0.1) is 22.8 Å². The van der Waals surface area contributed by atoms with Crippen molar-refractivity contribution in [3.8, 4) is 11.1 Å². The number of fused-ring (bicyclic) bond motifs is 2. The number of aromatic nitrogens is 4. The summed E-state index contributed by atoms with van der Waals surface area (Å²) in [5, 5.41) is 14.4. The Morgan fingerprint density at radius 3 is 2.66 bits per heavy atom. The van der Waals surface area contributed by atoms with Gasteiger partial charge in [-0.05, 0) is 50.8 Å². The van der Waals surface area contributed by atoms with E-state index >= 15 is 0 Å². The monoisotopic (exact) mass is 535 g/mol. The predicted octanol–water partition coefficient (Wildman–Crippen LogP) is 3.96. The molecule has 0 spiro atoms. The summed E-state index contributed by atoms with van der Waals surface area (Å²) >= 11 is 7.04. The molecule has 0 saturated carbocycles. The number of aromatic amines is 1. The standard InChI is InChI=1S/C28H34ClN7O2/c1-5-23(37)34-9-6-19(7-10-34)36-17(3)24(25-21-13-30-31-22(21)12-16(2)26(25)29)27(32-36)35-11-8-20-18(15-35)14-33(4)28(20)38/h5,12-13,18-20H,1,6-11,14-15H2,2-4H3,(H,30,31). The van der Waals surface area contributed by atoms with Gasteiger partial charge < -0.3 is 14.7 Å². The minimum atomic E-state index is -0.0187. The predicted molar refractivity (Wildman–Crippen MR) is 148 cm³/mol. The van der Waals surface area contributed by atoms with Crippen molar-refractivity contribution in [2.75, 3.05) is 44.7 Å². The molecule has 9 nitrogen and oxygen atoms in total. The number of hydrogen-bond acceptors (Lipinski definition) is 5. The molecule has 0 aliphatic carbocycles. The molecule has 200 valence electrons. The van der Waals surface area contributed by atoms with E-state index in [2.05, 4.69) is 33.3 Å². The van der Waals surface area contributed by atoms with Crippen molar-refractivity contribution in [3.05, 3.63) is 41.2 Å². The minimum Gasteiger partial charge on any atom is -0.354 e. The second-order valence-corrected chi connectivity index (χ2v) is 11.4. The molecule has 2 unspecified atom stereocenters. The lowest BCUT2D eigenvalue weighted by atomic mass is 9.88. The first-order valence-corrected chi connectivity index (χ1v) is 13.8. The Hall–Kier alpha value is -3.33. The SMILES string of the molecule is C=CC(=O)N1CCC(n2nc(N3CCC4C(=O)N(C)CC4C3)c(-c3c(Cl)c(C)cc4[nH]ncc34)c2C)CC1. The highest BCUT2D eigenvalue weighted by atomic mass is 35.5. The van der Waals surface area contributed by atoms with Crippen molar-refractivity contribution in [2.45, 2.75) is 39.2 Å². The molecule has 2 aromatic heterocycles. The Balaban J connectivity index is 1.44. The van der Waals surface area contributed by atoms with E-state index in [0.717, 1.165) is 78.0 Å². The van der Waals surface area contributed by atoms with Crippen molar-refractivity contribution in [1.29, 1.82) is 0 Å². The molecule has 0 bridgehead atoms. The molecular weight excluding hydrogens is 502 g/mol. The topological polar surface area (TPSA) is 90.4 Å². The van der Waals surface area contributed by atoms with E-state index in [-0.39, 0.29) is 29.7 Å². The quantitative estimate of drug-likeness (QED) is 0.511. The van der Waals surface area contributed by atoms with Crippen LogP contribution in [0.15, 0.2) is 24.9 Å². The molecule has 3 aliphatic heterocycles. The number of nitrogens with zero attached hydrogens (tertiary/aromatic N) is 6. The van der Waals surface area contributed by atoms with Gasteiger partial charge in [-0.25, -0.2) is 0 Å². The number of benzene rings is 1. The van der Waals surface area contributed by atoms with Crippen molar-refractivity contribution in [1.82, 2.24) is 29.8 Å². The van der Waals surface area contributed by atoms with Crippen molar-refractivity contribution in [3.63, 3.8) is 0 Å². The van der Waals surface area contributed by atoms with Gasteiger partial charge in [0.2, 0.25) is 11.8 Å². The average Bonchev–Trinajstić information content (AvgIpc) is 3.60. The van der Waals surface area contributed by atoms with Gasteiger partial charge >= 0.3 is 0 Å². The number of hydrogen-bond donors (Lipinski definition) is 1. The molecule has 5 heterocycles. The molecule has 3 saturated heterocycles. The van der Waals surface area contributed by atoms with Crippen LogP contribution in [0.25, 0.3) is 22.0 Å². The number of amides is 2. The highest BCUT2D eigenvalue weighted by molar-refractivity contribution is 6.36. The van der Waals surface area contributed by atoms with Crippen LogP contribution in [-0.2, 0) is 9.59 Å². The molecule has 3 aliphatic rings. The van der Waals surface area contributed by atoms with Crippen LogP contribution in [0.5, 0.6) is 0 Å². The Labute approximate surface area is 227 Å². The average molecular weight is 536 g/mol. The Bertz CT molecular complexity index is 1430. The van der Waals surface area contributed by atoms with Gasteiger partial charge in [-0.1, -0.05) is 18.2 Å². The van der Waals surface area contributed by atoms with Crippen LogP contribution in [0, 0.1) is 25.7 Å². The molecule has 3 fully saturated rings. The van der Waals surface area contributed by atoms with E-state index in [1.165, 1.54) is 6.08 Å². The number of halogens is 1. The summed E-state index contributed by atoms with van der Waals surface area (Å²) in [4.78, 5) is 30.9. The van der Waals surface area contributed by atoms with Crippen molar-refractivity contribution >= 4 is 40.1 Å². The van der Waals surface area contributed by atoms with Crippen LogP contribution in [0.1, 0.15) is 36.6 Å². The van der Waals surface area contributed by atoms with E-state index in [0.29, 0.717) is 18.1 Å². The summed E-state index contributed by atoms with van der Waals surface area (Å²) in [5.74, 6) is 1.55. The van der Waals surface area contributed by atoms with E-state index in [9.17, 15) is 9.59 Å².